The van der Waals surface area contributed by atoms with Gasteiger partial charge in [-0.15, -0.1) is 0 Å². The molecule has 4 rings (SSSR count). The number of carbonyl (C=O) groups is 3. The van der Waals surface area contributed by atoms with Gasteiger partial charge >= 0.3 is 0 Å². The summed E-state index contributed by atoms with van der Waals surface area (Å²) in [6.45, 7) is 3.42. The molecule has 0 bridgehead atoms. The van der Waals surface area contributed by atoms with Crippen molar-refractivity contribution in [1.82, 2.24) is 14.7 Å². The predicted octanol–water partition coefficient (Wildman–Crippen LogP) is 2.16. The van der Waals surface area contributed by atoms with Crippen LogP contribution in [0.15, 0.2) is 24.3 Å². The van der Waals surface area contributed by atoms with Crippen molar-refractivity contribution in [2.45, 2.75) is 44.6 Å². The molecule has 3 aliphatic heterocycles. The van der Waals surface area contributed by atoms with E-state index in [1.165, 1.54) is 0 Å². The highest BCUT2D eigenvalue weighted by atomic mass is 16.5. The minimum absolute atomic E-state index is 0.0438. The van der Waals surface area contributed by atoms with E-state index < -0.39 is 0 Å². The van der Waals surface area contributed by atoms with E-state index in [2.05, 4.69) is 0 Å². The molecule has 1 aromatic rings. The third-order valence-corrected chi connectivity index (χ3v) is 6.70. The molecule has 0 aromatic heterocycles. The number of hydrogen-bond donors (Lipinski definition) is 0. The van der Waals surface area contributed by atoms with E-state index in [-0.39, 0.29) is 29.7 Å². The second-order valence-corrected chi connectivity index (χ2v) is 8.57. The van der Waals surface area contributed by atoms with Gasteiger partial charge in [0.2, 0.25) is 11.8 Å². The molecule has 1 aromatic carbocycles. The number of ether oxygens (including phenoxy) is 1. The van der Waals surface area contributed by atoms with Crippen LogP contribution in [0.1, 0.15) is 48.9 Å². The minimum Gasteiger partial charge on any atom is -0.497 e. The summed E-state index contributed by atoms with van der Waals surface area (Å²) in [6, 6.07) is 7.45. The molecule has 7 nitrogen and oxygen atoms in total. The smallest absolute Gasteiger partial charge is 0.254 e. The van der Waals surface area contributed by atoms with E-state index in [0.29, 0.717) is 43.9 Å². The monoisotopic (exact) mass is 413 g/mol. The van der Waals surface area contributed by atoms with Gasteiger partial charge < -0.3 is 19.4 Å². The molecule has 0 N–H and O–H groups in total. The summed E-state index contributed by atoms with van der Waals surface area (Å²) in [5, 5.41) is 0. The van der Waals surface area contributed by atoms with Gasteiger partial charge in [0, 0.05) is 50.7 Å². The second-order valence-electron chi connectivity index (χ2n) is 8.57. The normalized spacial score (nSPS) is 23.0. The quantitative estimate of drug-likeness (QED) is 0.759. The van der Waals surface area contributed by atoms with Crippen LogP contribution >= 0.6 is 0 Å². The predicted molar refractivity (Wildman–Crippen MR) is 112 cm³/mol. The number of amides is 3. The van der Waals surface area contributed by atoms with Crippen LogP contribution in [0.25, 0.3) is 0 Å². The molecule has 1 atom stereocenters. The SMILES string of the molecule is COc1cccc(C(=O)N2CCCC(C(=O)N3CCC(N4CCCC4=O)CC3)C2)c1. The summed E-state index contributed by atoms with van der Waals surface area (Å²) in [6.07, 6.45) is 5.00. The number of likely N-dealkylation sites (tertiary alicyclic amines) is 3. The van der Waals surface area contributed by atoms with Crippen LogP contribution in [0.2, 0.25) is 0 Å². The van der Waals surface area contributed by atoms with Crippen LogP contribution in [-0.2, 0) is 9.59 Å². The minimum atomic E-state index is -0.140. The maximum Gasteiger partial charge on any atom is 0.254 e. The lowest BCUT2D eigenvalue weighted by molar-refractivity contribution is -0.139. The lowest BCUT2D eigenvalue weighted by Crippen LogP contribution is -2.51. The first-order chi connectivity index (χ1) is 14.6. The molecule has 3 aliphatic rings. The first-order valence-corrected chi connectivity index (χ1v) is 11.1. The van der Waals surface area contributed by atoms with E-state index in [4.69, 9.17) is 4.74 Å². The van der Waals surface area contributed by atoms with Crippen molar-refractivity contribution in [2.75, 3.05) is 39.8 Å². The van der Waals surface area contributed by atoms with Gasteiger partial charge in [-0.3, -0.25) is 14.4 Å². The van der Waals surface area contributed by atoms with E-state index in [1.54, 1.807) is 24.1 Å². The Morgan fingerprint density at radius 1 is 1.00 bits per heavy atom. The van der Waals surface area contributed by atoms with Crippen LogP contribution in [-0.4, -0.2) is 78.3 Å². The van der Waals surface area contributed by atoms with Gasteiger partial charge in [0.25, 0.3) is 5.91 Å². The van der Waals surface area contributed by atoms with Gasteiger partial charge in [-0.25, -0.2) is 0 Å². The van der Waals surface area contributed by atoms with Crippen molar-refractivity contribution in [2.24, 2.45) is 5.92 Å². The van der Waals surface area contributed by atoms with Crippen LogP contribution in [0.4, 0.5) is 0 Å². The van der Waals surface area contributed by atoms with E-state index in [9.17, 15) is 14.4 Å². The number of benzene rings is 1. The molecule has 162 valence electrons. The van der Waals surface area contributed by atoms with Gasteiger partial charge in [0.05, 0.1) is 13.0 Å². The van der Waals surface area contributed by atoms with E-state index in [0.717, 1.165) is 38.6 Å². The van der Waals surface area contributed by atoms with E-state index >= 15 is 0 Å². The van der Waals surface area contributed by atoms with Gasteiger partial charge in [-0.2, -0.15) is 0 Å². The highest BCUT2D eigenvalue weighted by Crippen LogP contribution is 2.26. The lowest BCUT2D eigenvalue weighted by Gasteiger charge is -2.40. The molecular weight excluding hydrogens is 382 g/mol. The standard InChI is InChI=1S/C23H31N3O4/c1-30-20-7-2-5-17(15-20)22(28)25-11-3-6-18(16-25)23(29)24-13-9-19(10-14-24)26-12-4-8-21(26)27/h2,5,7,15,18-19H,3-4,6,8-14,16H2,1H3. The molecule has 3 amide bonds. The Bertz CT molecular complexity index is 803. The molecule has 0 saturated carbocycles. The Labute approximate surface area is 177 Å². The van der Waals surface area contributed by atoms with Gasteiger partial charge in [0.1, 0.15) is 5.75 Å². The van der Waals surface area contributed by atoms with Crippen molar-refractivity contribution >= 4 is 17.7 Å². The summed E-state index contributed by atoms with van der Waals surface area (Å²) < 4.78 is 5.23. The number of hydrogen-bond acceptors (Lipinski definition) is 4. The second kappa shape index (κ2) is 9.06. The Balaban J connectivity index is 1.33. The molecule has 3 saturated heterocycles. The fraction of sp³-hybridized carbons (Fsp3) is 0.609. The zero-order chi connectivity index (χ0) is 21.1. The first kappa shape index (κ1) is 20.7. The van der Waals surface area contributed by atoms with Gasteiger partial charge in [-0.05, 0) is 50.3 Å². The van der Waals surface area contributed by atoms with Gasteiger partial charge in [-0.1, -0.05) is 6.07 Å². The van der Waals surface area contributed by atoms with Gasteiger partial charge in [0.15, 0.2) is 0 Å². The zero-order valence-electron chi connectivity index (χ0n) is 17.7. The fourth-order valence-corrected chi connectivity index (χ4v) is 5.01. The molecule has 1 unspecified atom stereocenters. The molecule has 0 aliphatic carbocycles. The third kappa shape index (κ3) is 4.30. The number of piperidine rings is 2. The fourth-order valence-electron chi connectivity index (χ4n) is 5.01. The average Bonchev–Trinajstić information content (AvgIpc) is 3.24. The maximum atomic E-state index is 13.1. The number of carbonyl (C=O) groups excluding carboxylic acids is 3. The number of methoxy groups -OCH3 is 1. The first-order valence-electron chi connectivity index (χ1n) is 11.1. The molecule has 7 heteroatoms. The van der Waals surface area contributed by atoms with Crippen LogP contribution in [0.3, 0.4) is 0 Å². The van der Waals surface area contributed by atoms with Crippen molar-refractivity contribution in [3.63, 3.8) is 0 Å². The molecular formula is C23H31N3O4. The van der Waals surface area contributed by atoms with Crippen molar-refractivity contribution in [3.05, 3.63) is 29.8 Å². The summed E-state index contributed by atoms with van der Waals surface area (Å²) in [7, 11) is 1.59. The summed E-state index contributed by atoms with van der Waals surface area (Å²) >= 11 is 0. The third-order valence-electron chi connectivity index (χ3n) is 6.70. The molecule has 3 fully saturated rings. The zero-order valence-corrected chi connectivity index (χ0v) is 17.7. The highest BCUT2D eigenvalue weighted by molar-refractivity contribution is 5.95. The van der Waals surface area contributed by atoms with Crippen molar-refractivity contribution in [3.8, 4) is 5.75 Å². The van der Waals surface area contributed by atoms with E-state index in [1.807, 2.05) is 21.9 Å². The van der Waals surface area contributed by atoms with Crippen LogP contribution in [0.5, 0.6) is 5.75 Å². The van der Waals surface area contributed by atoms with Crippen molar-refractivity contribution < 1.29 is 19.1 Å². The summed E-state index contributed by atoms with van der Waals surface area (Å²) in [4.78, 5) is 43.8. The Morgan fingerprint density at radius 3 is 2.50 bits per heavy atom. The molecule has 0 spiro atoms. The summed E-state index contributed by atoms with van der Waals surface area (Å²) in [5.41, 5.74) is 0.596. The topological polar surface area (TPSA) is 70.2 Å². The highest BCUT2D eigenvalue weighted by Gasteiger charge is 2.35. The average molecular weight is 414 g/mol. The largest absolute Gasteiger partial charge is 0.497 e. The number of nitrogens with zero attached hydrogens (tertiary/aromatic N) is 3. The number of rotatable bonds is 4. The maximum absolute atomic E-state index is 13.1. The Hall–Kier alpha value is -2.57. The lowest BCUT2D eigenvalue weighted by atomic mass is 9.94. The van der Waals surface area contributed by atoms with Crippen LogP contribution in [0, 0.1) is 5.92 Å². The van der Waals surface area contributed by atoms with Crippen LogP contribution < -0.4 is 4.74 Å². The van der Waals surface area contributed by atoms with Crippen molar-refractivity contribution in [1.29, 1.82) is 0 Å². The Kier molecular flexibility index (Phi) is 6.25. The Morgan fingerprint density at radius 2 is 1.80 bits per heavy atom. The molecule has 30 heavy (non-hydrogen) atoms. The molecule has 3 heterocycles. The molecule has 0 radical (unpaired) electrons. The summed E-state index contributed by atoms with van der Waals surface area (Å²) in [5.74, 6) is 0.892.